The average molecular weight is 352 g/mol. The van der Waals surface area contributed by atoms with E-state index in [-0.39, 0.29) is 16.7 Å². The van der Waals surface area contributed by atoms with Gasteiger partial charge in [0.1, 0.15) is 6.54 Å². The molecule has 0 heterocycles. The van der Waals surface area contributed by atoms with Crippen LogP contribution >= 0.6 is 0 Å². The first-order chi connectivity index (χ1) is 10.5. The van der Waals surface area contributed by atoms with Crippen LogP contribution in [0, 0.1) is 5.92 Å². The molecule has 0 spiro atoms. The number of amides is 1. The van der Waals surface area contributed by atoms with Crippen LogP contribution in [0.5, 0.6) is 0 Å². The van der Waals surface area contributed by atoms with Crippen LogP contribution in [0.2, 0.25) is 0 Å². The number of halogens is 3. The molecule has 130 valence electrons. The van der Waals surface area contributed by atoms with Crippen LogP contribution in [-0.2, 0) is 14.8 Å². The Morgan fingerprint density at radius 2 is 1.78 bits per heavy atom. The van der Waals surface area contributed by atoms with Crippen molar-refractivity contribution < 1.29 is 26.4 Å². The lowest BCUT2D eigenvalue weighted by Gasteiger charge is -2.12. The molecule has 1 atom stereocenters. The van der Waals surface area contributed by atoms with Crippen molar-refractivity contribution in [3.8, 4) is 0 Å². The second-order valence-corrected chi connectivity index (χ2v) is 6.91. The number of carbonyl (C=O) groups is 1. The first kappa shape index (κ1) is 19.4. The van der Waals surface area contributed by atoms with Gasteiger partial charge in [-0.25, -0.2) is 13.1 Å². The zero-order chi connectivity index (χ0) is 17.7. The minimum absolute atomic E-state index is 0.183. The van der Waals surface area contributed by atoms with Crippen molar-refractivity contribution in [2.75, 3.05) is 11.9 Å². The second-order valence-electron chi connectivity index (χ2n) is 5.14. The van der Waals surface area contributed by atoms with Gasteiger partial charge in [0.15, 0.2) is 0 Å². The third kappa shape index (κ3) is 6.57. The molecule has 5 nitrogen and oxygen atoms in total. The molecule has 1 aromatic rings. The summed E-state index contributed by atoms with van der Waals surface area (Å²) >= 11 is 0. The van der Waals surface area contributed by atoms with E-state index in [2.05, 4.69) is 5.32 Å². The Kier molecular flexibility index (Phi) is 6.57. The van der Waals surface area contributed by atoms with E-state index in [4.69, 9.17) is 0 Å². The van der Waals surface area contributed by atoms with E-state index in [1.165, 1.54) is 16.9 Å². The highest BCUT2D eigenvalue weighted by atomic mass is 32.2. The van der Waals surface area contributed by atoms with Crippen LogP contribution in [0.25, 0.3) is 0 Å². The number of alkyl halides is 3. The predicted molar refractivity (Wildman–Crippen MR) is 80.4 cm³/mol. The van der Waals surface area contributed by atoms with Gasteiger partial charge < -0.3 is 5.32 Å². The number of hydrogen-bond donors (Lipinski definition) is 2. The normalized spacial score (nSPS) is 13.6. The van der Waals surface area contributed by atoms with Gasteiger partial charge in [-0.3, -0.25) is 4.79 Å². The summed E-state index contributed by atoms with van der Waals surface area (Å²) in [6, 6.07) is 4.94. The molecule has 0 radical (unpaired) electrons. The number of benzene rings is 1. The summed E-state index contributed by atoms with van der Waals surface area (Å²) < 4.78 is 61.1. The molecule has 9 heteroatoms. The quantitative estimate of drug-likeness (QED) is 0.792. The van der Waals surface area contributed by atoms with Gasteiger partial charge in [-0.05, 0) is 30.7 Å². The molecule has 1 unspecified atom stereocenters. The summed E-state index contributed by atoms with van der Waals surface area (Å²) in [5.74, 6) is -0.380. The van der Waals surface area contributed by atoms with E-state index in [0.717, 1.165) is 25.0 Å². The second kappa shape index (κ2) is 7.78. The zero-order valence-electron chi connectivity index (χ0n) is 12.8. The number of hydrogen-bond acceptors (Lipinski definition) is 3. The highest BCUT2D eigenvalue weighted by Gasteiger charge is 2.30. The summed E-state index contributed by atoms with van der Waals surface area (Å²) in [7, 11) is -4.25. The van der Waals surface area contributed by atoms with Crippen LogP contribution in [0.1, 0.15) is 26.7 Å². The first-order valence-corrected chi connectivity index (χ1v) is 8.51. The van der Waals surface area contributed by atoms with Crippen LogP contribution in [0.3, 0.4) is 0 Å². The van der Waals surface area contributed by atoms with Crippen LogP contribution in [0.4, 0.5) is 18.9 Å². The molecule has 1 aromatic carbocycles. The standard InChI is InChI=1S/C14H19F3N2O3S/c1-3-4-10(2)13(20)19-11-5-7-12(8-6-11)23(21,22)18-9-14(15,16)17/h5-8,10,18H,3-4,9H2,1-2H3,(H,19,20). The summed E-state index contributed by atoms with van der Waals surface area (Å²) in [5, 5.41) is 2.63. The molecule has 0 saturated carbocycles. The van der Waals surface area contributed by atoms with E-state index < -0.39 is 22.7 Å². The lowest BCUT2D eigenvalue weighted by Crippen LogP contribution is -2.33. The summed E-state index contributed by atoms with van der Waals surface area (Å²) in [4.78, 5) is 11.5. The number of carbonyl (C=O) groups excluding carboxylic acids is 1. The largest absolute Gasteiger partial charge is 0.402 e. The lowest BCUT2D eigenvalue weighted by molar-refractivity contribution is -0.121. The number of rotatable bonds is 7. The van der Waals surface area contributed by atoms with E-state index in [1.807, 2.05) is 6.92 Å². The van der Waals surface area contributed by atoms with Crippen molar-refractivity contribution in [2.45, 2.75) is 37.8 Å². The van der Waals surface area contributed by atoms with Gasteiger partial charge in [0.2, 0.25) is 15.9 Å². The van der Waals surface area contributed by atoms with Gasteiger partial charge in [0, 0.05) is 11.6 Å². The van der Waals surface area contributed by atoms with E-state index in [0.29, 0.717) is 5.69 Å². The van der Waals surface area contributed by atoms with Gasteiger partial charge in [0.05, 0.1) is 4.90 Å². The maximum atomic E-state index is 12.1. The molecule has 0 fully saturated rings. The van der Waals surface area contributed by atoms with Crippen molar-refractivity contribution in [1.82, 2.24) is 4.72 Å². The molecule has 1 amide bonds. The topological polar surface area (TPSA) is 75.3 Å². The highest BCUT2D eigenvalue weighted by Crippen LogP contribution is 2.18. The third-order valence-corrected chi connectivity index (χ3v) is 4.48. The summed E-state index contributed by atoms with van der Waals surface area (Å²) in [6.45, 7) is 2.10. The summed E-state index contributed by atoms with van der Waals surface area (Å²) in [5.41, 5.74) is 0.382. The Labute approximate surface area is 133 Å². The highest BCUT2D eigenvalue weighted by molar-refractivity contribution is 7.89. The Balaban J connectivity index is 2.74. The zero-order valence-corrected chi connectivity index (χ0v) is 13.6. The van der Waals surface area contributed by atoms with Gasteiger partial charge >= 0.3 is 6.18 Å². The van der Waals surface area contributed by atoms with Crippen molar-refractivity contribution in [1.29, 1.82) is 0 Å². The smallest absolute Gasteiger partial charge is 0.326 e. The fourth-order valence-electron chi connectivity index (χ4n) is 1.81. The van der Waals surface area contributed by atoms with Gasteiger partial charge in [-0.1, -0.05) is 20.3 Å². The van der Waals surface area contributed by atoms with Crippen molar-refractivity contribution in [2.24, 2.45) is 5.92 Å². The van der Waals surface area contributed by atoms with Gasteiger partial charge in [-0.15, -0.1) is 0 Å². The minimum atomic E-state index is -4.63. The molecule has 0 aliphatic rings. The van der Waals surface area contributed by atoms with Crippen LogP contribution in [0.15, 0.2) is 29.2 Å². The van der Waals surface area contributed by atoms with E-state index in [1.54, 1.807) is 6.92 Å². The summed E-state index contributed by atoms with van der Waals surface area (Å²) in [6.07, 6.45) is -3.05. The fourth-order valence-corrected chi connectivity index (χ4v) is 2.82. The molecule has 2 N–H and O–H groups in total. The van der Waals surface area contributed by atoms with Gasteiger partial charge in [-0.2, -0.15) is 13.2 Å². The molecule has 1 rings (SSSR count). The maximum Gasteiger partial charge on any atom is 0.402 e. The van der Waals surface area contributed by atoms with Crippen molar-refractivity contribution >= 4 is 21.6 Å². The molecule has 0 bridgehead atoms. The monoisotopic (exact) mass is 352 g/mol. The first-order valence-electron chi connectivity index (χ1n) is 7.02. The third-order valence-electron chi connectivity index (χ3n) is 3.06. The Morgan fingerprint density at radius 1 is 1.22 bits per heavy atom. The molecular weight excluding hydrogens is 333 g/mol. The fraction of sp³-hybridized carbons (Fsp3) is 0.500. The van der Waals surface area contributed by atoms with Crippen LogP contribution in [-0.4, -0.2) is 27.0 Å². The van der Waals surface area contributed by atoms with E-state index >= 15 is 0 Å². The molecular formula is C14H19F3N2O3S. The van der Waals surface area contributed by atoms with Crippen molar-refractivity contribution in [3.63, 3.8) is 0 Å². The Hall–Kier alpha value is -1.61. The molecule has 0 saturated heterocycles. The maximum absolute atomic E-state index is 12.1. The predicted octanol–water partition coefficient (Wildman–Crippen LogP) is 2.90. The Bertz CT molecular complexity index is 628. The van der Waals surface area contributed by atoms with Gasteiger partial charge in [0.25, 0.3) is 0 Å². The molecule has 0 aromatic heterocycles. The Morgan fingerprint density at radius 3 is 2.26 bits per heavy atom. The molecule has 0 aliphatic carbocycles. The van der Waals surface area contributed by atoms with Crippen molar-refractivity contribution in [3.05, 3.63) is 24.3 Å². The van der Waals surface area contributed by atoms with E-state index in [9.17, 15) is 26.4 Å². The van der Waals surface area contributed by atoms with Crippen LogP contribution < -0.4 is 10.0 Å². The number of sulfonamides is 1. The lowest BCUT2D eigenvalue weighted by atomic mass is 10.1. The number of anilines is 1. The number of nitrogens with one attached hydrogen (secondary N) is 2. The minimum Gasteiger partial charge on any atom is -0.326 e. The molecule has 0 aliphatic heterocycles. The SMILES string of the molecule is CCCC(C)C(=O)Nc1ccc(S(=O)(=O)NCC(F)(F)F)cc1. The molecule has 23 heavy (non-hydrogen) atoms. The average Bonchev–Trinajstić information content (AvgIpc) is 2.45.